The Labute approximate surface area is 121 Å². The number of thiophene rings is 1. The molecule has 2 aromatic heterocycles. The summed E-state index contributed by atoms with van der Waals surface area (Å²) in [7, 11) is 0. The zero-order valence-electron chi connectivity index (χ0n) is 11.2. The lowest BCUT2D eigenvalue weighted by Crippen LogP contribution is -2.14. The average Bonchev–Trinajstić information content (AvgIpc) is 2.94. The van der Waals surface area contributed by atoms with Crippen molar-refractivity contribution in [2.75, 3.05) is 11.1 Å². The van der Waals surface area contributed by atoms with Crippen molar-refractivity contribution in [1.29, 1.82) is 0 Å². The van der Waals surface area contributed by atoms with E-state index in [1.54, 1.807) is 11.3 Å². The van der Waals surface area contributed by atoms with Crippen LogP contribution in [0.1, 0.15) is 41.0 Å². The first-order chi connectivity index (χ1) is 9.63. The van der Waals surface area contributed by atoms with Crippen LogP contribution in [0.2, 0.25) is 0 Å². The second-order valence-corrected chi connectivity index (χ2v) is 5.41. The first-order valence-electron chi connectivity index (χ1n) is 6.41. The highest BCUT2D eigenvalue weighted by atomic mass is 32.1. The summed E-state index contributed by atoms with van der Waals surface area (Å²) < 4.78 is 0. The summed E-state index contributed by atoms with van der Waals surface area (Å²) >= 11 is 1.66. The van der Waals surface area contributed by atoms with Crippen molar-refractivity contribution in [3.8, 4) is 0 Å². The fourth-order valence-electron chi connectivity index (χ4n) is 2.00. The Morgan fingerprint density at radius 2 is 2.35 bits per heavy atom. The molecule has 2 aromatic rings. The van der Waals surface area contributed by atoms with Gasteiger partial charge in [-0.05, 0) is 23.9 Å². The van der Waals surface area contributed by atoms with E-state index in [9.17, 15) is 4.79 Å². The van der Waals surface area contributed by atoms with Crippen LogP contribution < -0.4 is 11.1 Å². The molecular formula is C14H17N3O2S. The molecule has 20 heavy (non-hydrogen) atoms. The molecule has 6 heteroatoms. The van der Waals surface area contributed by atoms with Gasteiger partial charge in [-0.15, -0.1) is 11.3 Å². The van der Waals surface area contributed by atoms with E-state index in [1.807, 2.05) is 11.4 Å². The van der Waals surface area contributed by atoms with Gasteiger partial charge in [-0.1, -0.05) is 19.4 Å². The molecule has 2 heterocycles. The van der Waals surface area contributed by atoms with Crippen molar-refractivity contribution < 1.29 is 9.90 Å². The second kappa shape index (κ2) is 6.38. The van der Waals surface area contributed by atoms with Gasteiger partial charge in [-0.2, -0.15) is 0 Å². The molecule has 0 fully saturated rings. The van der Waals surface area contributed by atoms with Gasteiger partial charge in [0.2, 0.25) is 0 Å². The third-order valence-electron chi connectivity index (χ3n) is 3.00. The van der Waals surface area contributed by atoms with E-state index in [0.29, 0.717) is 5.82 Å². The average molecular weight is 291 g/mol. The number of nitrogens with zero attached hydrogens (tertiary/aromatic N) is 1. The van der Waals surface area contributed by atoms with E-state index in [0.717, 1.165) is 12.8 Å². The summed E-state index contributed by atoms with van der Waals surface area (Å²) in [5, 5.41) is 14.4. The summed E-state index contributed by atoms with van der Waals surface area (Å²) in [6, 6.07) is 5.55. The van der Waals surface area contributed by atoms with E-state index in [4.69, 9.17) is 10.8 Å². The SMILES string of the molecule is CCCC(Nc1nccc(C(=O)O)c1N)c1cccs1. The fourth-order valence-corrected chi connectivity index (χ4v) is 2.82. The van der Waals surface area contributed by atoms with Crippen molar-refractivity contribution in [3.63, 3.8) is 0 Å². The Hall–Kier alpha value is -2.08. The molecule has 0 spiro atoms. The van der Waals surface area contributed by atoms with Crippen LogP contribution >= 0.6 is 11.3 Å². The first kappa shape index (κ1) is 14.3. The minimum absolute atomic E-state index is 0.0731. The highest BCUT2D eigenvalue weighted by Crippen LogP contribution is 2.29. The third-order valence-corrected chi connectivity index (χ3v) is 3.98. The molecule has 0 aliphatic rings. The van der Waals surface area contributed by atoms with Crippen molar-refractivity contribution >= 4 is 28.8 Å². The number of nitrogen functional groups attached to an aromatic ring is 1. The maximum Gasteiger partial charge on any atom is 0.337 e. The number of pyridine rings is 1. The number of aromatic nitrogens is 1. The van der Waals surface area contributed by atoms with Gasteiger partial charge >= 0.3 is 5.97 Å². The molecule has 0 aliphatic heterocycles. The van der Waals surface area contributed by atoms with Crippen molar-refractivity contribution in [2.45, 2.75) is 25.8 Å². The maximum atomic E-state index is 11.1. The number of carboxylic acid groups (broad SMARTS) is 1. The third kappa shape index (κ3) is 3.08. The van der Waals surface area contributed by atoms with Crippen LogP contribution in [0.15, 0.2) is 29.8 Å². The fraction of sp³-hybridized carbons (Fsp3) is 0.286. The van der Waals surface area contributed by atoms with Gasteiger partial charge in [0.15, 0.2) is 5.82 Å². The van der Waals surface area contributed by atoms with Gasteiger partial charge in [0.05, 0.1) is 17.3 Å². The number of hydrogen-bond donors (Lipinski definition) is 3. The summed E-state index contributed by atoms with van der Waals surface area (Å²) in [4.78, 5) is 16.4. The van der Waals surface area contributed by atoms with Gasteiger partial charge in [0.1, 0.15) is 0 Å². The smallest absolute Gasteiger partial charge is 0.337 e. The van der Waals surface area contributed by atoms with E-state index in [2.05, 4.69) is 23.3 Å². The van der Waals surface area contributed by atoms with Gasteiger partial charge in [0, 0.05) is 11.1 Å². The largest absolute Gasteiger partial charge is 0.478 e. The Balaban J connectivity index is 2.27. The van der Waals surface area contributed by atoms with Crippen molar-refractivity contribution in [2.24, 2.45) is 0 Å². The number of aromatic carboxylic acids is 1. The number of carbonyl (C=O) groups is 1. The maximum absolute atomic E-state index is 11.1. The molecule has 5 nitrogen and oxygen atoms in total. The molecule has 1 unspecified atom stereocenters. The summed E-state index contributed by atoms with van der Waals surface area (Å²) in [5.74, 6) is -0.618. The predicted octanol–water partition coefficient (Wildman–Crippen LogP) is 3.38. The molecule has 0 amide bonds. The minimum atomic E-state index is -1.05. The second-order valence-electron chi connectivity index (χ2n) is 4.43. The van der Waals surface area contributed by atoms with Crippen molar-refractivity contribution in [1.82, 2.24) is 4.98 Å². The lowest BCUT2D eigenvalue weighted by molar-refractivity contribution is 0.0698. The molecule has 2 rings (SSSR count). The number of rotatable bonds is 6. The Morgan fingerprint density at radius 1 is 1.55 bits per heavy atom. The molecular weight excluding hydrogens is 274 g/mol. The molecule has 0 radical (unpaired) electrons. The summed E-state index contributed by atoms with van der Waals surface area (Å²) in [5.41, 5.74) is 6.13. The van der Waals surface area contributed by atoms with E-state index in [-0.39, 0.29) is 17.3 Å². The molecule has 106 valence electrons. The highest BCUT2D eigenvalue weighted by molar-refractivity contribution is 7.10. The lowest BCUT2D eigenvalue weighted by atomic mass is 10.1. The molecule has 0 bridgehead atoms. The Morgan fingerprint density at radius 3 is 2.95 bits per heavy atom. The van der Waals surface area contributed by atoms with Crippen LogP contribution in [0.4, 0.5) is 11.5 Å². The molecule has 4 N–H and O–H groups in total. The zero-order chi connectivity index (χ0) is 14.5. The van der Waals surface area contributed by atoms with E-state index >= 15 is 0 Å². The molecule has 1 atom stereocenters. The molecule has 0 aromatic carbocycles. The zero-order valence-corrected chi connectivity index (χ0v) is 12.0. The van der Waals surface area contributed by atoms with Gasteiger partial charge in [0.25, 0.3) is 0 Å². The number of carboxylic acids is 1. The van der Waals surface area contributed by atoms with Gasteiger partial charge in [-0.25, -0.2) is 9.78 Å². The van der Waals surface area contributed by atoms with Gasteiger partial charge in [-0.3, -0.25) is 0 Å². The number of hydrogen-bond acceptors (Lipinski definition) is 5. The number of nitrogens with two attached hydrogens (primary N) is 1. The summed E-state index contributed by atoms with van der Waals surface area (Å²) in [6.07, 6.45) is 3.40. The van der Waals surface area contributed by atoms with Crippen LogP contribution in [0, 0.1) is 0 Å². The Bertz CT molecular complexity index is 584. The van der Waals surface area contributed by atoms with Crippen LogP contribution in [0.5, 0.6) is 0 Å². The van der Waals surface area contributed by atoms with E-state index in [1.165, 1.54) is 17.1 Å². The highest BCUT2D eigenvalue weighted by Gasteiger charge is 2.17. The van der Waals surface area contributed by atoms with Crippen LogP contribution in [-0.2, 0) is 0 Å². The normalized spacial score (nSPS) is 12.1. The molecule has 0 saturated carbocycles. The number of nitrogens with one attached hydrogen (secondary N) is 1. The van der Waals surface area contributed by atoms with Crippen LogP contribution in [0.25, 0.3) is 0 Å². The van der Waals surface area contributed by atoms with Crippen LogP contribution in [0.3, 0.4) is 0 Å². The molecule has 0 saturated heterocycles. The lowest BCUT2D eigenvalue weighted by Gasteiger charge is -2.19. The topological polar surface area (TPSA) is 88.2 Å². The van der Waals surface area contributed by atoms with Crippen LogP contribution in [-0.4, -0.2) is 16.1 Å². The molecule has 0 aliphatic carbocycles. The monoisotopic (exact) mass is 291 g/mol. The standard InChI is InChI=1S/C14H17N3O2S/c1-2-4-10(11-5-3-8-20-11)17-13-12(15)9(14(18)19)6-7-16-13/h3,5-8,10H,2,4,15H2,1H3,(H,16,17)(H,18,19). The summed E-state index contributed by atoms with van der Waals surface area (Å²) in [6.45, 7) is 2.10. The van der Waals surface area contributed by atoms with E-state index < -0.39 is 5.97 Å². The van der Waals surface area contributed by atoms with Gasteiger partial charge < -0.3 is 16.2 Å². The quantitative estimate of drug-likeness (QED) is 0.759. The van der Waals surface area contributed by atoms with Crippen molar-refractivity contribution in [3.05, 3.63) is 40.2 Å². The first-order valence-corrected chi connectivity index (χ1v) is 7.29. The minimum Gasteiger partial charge on any atom is -0.478 e. The number of anilines is 2. The Kier molecular flexibility index (Phi) is 4.57. The predicted molar refractivity (Wildman–Crippen MR) is 81.2 cm³/mol.